The zero-order chi connectivity index (χ0) is 13.8. The first-order valence-corrected chi connectivity index (χ1v) is 6.11. The molecular weight excluding hydrogens is 238 g/mol. The summed E-state index contributed by atoms with van der Waals surface area (Å²) in [6.45, 7) is 1.99. The monoisotopic (exact) mass is 255 g/mol. The van der Waals surface area contributed by atoms with Gasteiger partial charge in [0.05, 0.1) is 5.56 Å². The molecule has 1 aromatic carbocycles. The molecule has 0 aliphatic rings. The molecule has 19 heavy (non-hydrogen) atoms. The van der Waals surface area contributed by atoms with Crippen molar-refractivity contribution in [2.75, 3.05) is 24.3 Å². The van der Waals surface area contributed by atoms with Crippen molar-refractivity contribution in [3.8, 4) is 0 Å². The molecule has 1 aromatic heterocycles. The lowest BCUT2D eigenvalue weighted by atomic mass is 10.1. The molecule has 1 heterocycles. The number of hydrogen-bond acceptors (Lipinski definition) is 3. The highest BCUT2D eigenvalue weighted by molar-refractivity contribution is 6.06. The van der Waals surface area contributed by atoms with Gasteiger partial charge >= 0.3 is 0 Å². The van der Waals surface area contributed by atoms with Crippen molar-refractivity contribution in [2.45, 2.75) is 6.92 Å². The number of pyridine rings is 1. The third kappa shape index (κ3) is 2.73. The van der Waals surface area contributed by atoms with Crippen LogP contribution in [0.2, 0.25) is 0 Å². The second kappa shape index (κ2) is 5.52. The molecule has 0 saturated carbocycles. The van der Waals surface area contributed by atoms with E-state index >= 15 is 0 Å². The molecule has 2 rings (SSSR count). The summed E-state index contributed by atoms with van der Waals surface area (Å²) in [6.07, 6.45) is 1.59. The Balaban J connectivity index is 2.26. The highest BCUT2D eigenvalue weighted by atomic mass is 16.2. The van der Waals surface area contributed by atoms with Crippen molar-refractivity contribution in [3.05, 3.63) is 53.7 Å². The van der Waals surface area contributed by atoms with E-state index in [9.17, 15) is 4.79 Å². The Labute approximate surface area is 113 Å². The smallest absolute Gasteiger partial charge is 0.259 e. The SMILES string of the molecule is CNc1ccc(C(=O)N(C)c2ccccc2C)cn1. The van der Waals surface area contributed by atoms with Crippen LogP contribution in [0.15, 0.2) is 42.6 Å². The lowest BCUT2D eigenvalue weighted by molar-refractivity contribution is 0.0992. The van der Waals surface area contributed by atoms with Crippen molar-refractivity contribution >= 4 is 17.4 Å². The third-order valence-electron chi connectivity index (χ3n) is 3.05. The molecule has 0 spiro atoms. The lowest BCUT2D eigenvalue weighted by Gasteiger charge is -2.19. The summed E-state index contributed by atoms with van der Waals surface area (Å²) in [5, 5.41) is 2.93. The molecule has 0 fully saturated rings. The Hall–Kier alpha value is -2.36. The fourth-order valence-corrected chi connectivity index (χ4v) is 1.91. The standard InChI is InChI=1S/C15H17N3O/c1-11-6-4-5-7-13(11)18(3)15(19)12-8-9-14(16-2)17-10-12/h4-10H,1-3H3,(H,16,17). The Kier molecular flexibility index (Phi) is 3.80. The Morgan fingerprint density at radius 1 is 1.21 bits per heavy atom. The van der Waals surface area contributed by atoms with Gasteiger partial charge in [0.25, 0.3) is 5.91 Å². The van der Waals surface area contributed by atoms with Gasteiger partial charge in [-0.2, -0.15) is 0 Å². The Bertz CT molecular complexity index is 578. The van der Waals surface area contributed by atoms with E-state index in [1.165, 1.54) is 0 Å². The number of nitrogens with one attached hydrogen (secondary N) is 1. The van der Waals surface area contributed by atoms with E-state index in [1.807, 2.05) is 31.2 Å². The van der Waals surface area contributed by atoms with Crippen LogP contribution in [0.3, 0.4) is 0 Å². The summed E-state index contributed by atoms with van der Waals surface area (Å²) in [5.41, 5.74) is 2.55. The van der Waals surface area contributed by atoms with Gasteiger partial charge in [-0.15, -0.1) is 0 Å². The first-order chi connectivity index (χ1) is 9.13. The molecule has 0 saturated heterocycles. The predicted molar refractivity (Wildman–Crippen MR) is 77.7 cm³/mol. The maximum absolute atomic E-state index is 12.4. The minimum absolute atomic E-state index is 0.0653. The second-order valence-corrected chi connectivity index (χ2v) is 4.33. The lowest BCUT2D eigenvalue weighted by Crippen LogP contribution is -2.27. The van der Waals surface area contributed by atoms with Crippen molar-refractivity contribution in [1.82, 2.24) is 4.98 Å². The van der Waals surface area contributed by atoms with Gasteiger partial charge in [0.1, 0.15) is 5.82 Å². The normalized spacial score (nSPS) is 10.1. The first kappa shape index (κ1) is 13.1. The van der Waals surface area contributed by atoms with Gasteiger partial charge in [-0.25, -0.2) is 4.98 Å². The number of rotatable bonds is 3. The van der Waals surface area contributed by atoms with Crippen LogP contribution in [-0.4, -0.2) is 25.0 Å². The van der Waals surface area contributed by atoms with E-state index in [2.05, 4.69) is 10.3 Å². The Morgan fingerprint density at radius 3 is 2.53 bits per heavy atom. The number of nitrogens with zero attached hydrogens (tertiary/aromatic N) is 2. The number of aromatic nitrogens is 1. The molecule has 4 nitrogen and oxygen atoms in total. The molecule has 1 amide bonds. The van der Waals surface area contributed by atoms with Crippen LogP contribution in [-0.2, 0) is 0 Å². The molecule has 98 valence electrons. The van der Waals surface area contributed by atoms with Gasteiger partial charge in [0, 0.05) is 26.0 Å². The van der Waals surface area contributed by atoms with Crippen LogP contribution in [0.1, 0.15) is 15.9 Å². The number of aryl methyl sites for hydroxylation is 1. The summed E-state index contributed by atoms with van der Waals surface area (Å²) < 4.78 is 0. The molecule has 2 aromatic rings. The summed E-state index contributed by atoms with van der Waals surface area (Å²) in [5.74, 6) is 0.680. The average molecular weight is 255 g/mol. The van der Waals surface area contributed by atoms with Crippen LogP contribution in [0.25, 0.3) is 0 Å². The van der Waals surface area contributed by atoms with Gasteiger partial charge in [-0.1, -0.05) is 18.2 Å². The van der Waals surface area contributed by atoms with Crippen molar-refractivity contribution in [1.29, 1.82) is 0 Å². The molecular formula is C15H17N3O. The number of carbonyl (C=O) groups excluding carboxylic acids is 1. The average Bonchev–Trinajstić information content (AvgIpc) is 2.46. The number of anilines is 2. The predicted octanol–water partition coefficient (Wildman–Crippen LogP) is 2.71. The molecule has 0 unspecified atom stereocenters. The number of hydrogen-bond donors (Lipinski definition) is 1. The van der Waals surface area contributed by atoms with E-state index in [4.69, 9.17) is 0 Å². The quantitative estimate of drug-likeness (QED) is 0.917. The van der Waals surface area contributed by atoms with Crippen LogP contribution in [0.5, 0.6) is 0 Å². The fourth-order valence-electron chi connectivity index (χ4n) is 1.91. The molecule has 0 bridgehead atoms. The molecule has 0 atom stereocenters. The topological polar surface area (TPSA) is 45.2 Å². The van der Waals surface area contributed by atoms with Gasteiger partial charge in [0.2, 0.25) is 0 Å². The van der Waals surface area contributed by atoms with E-state index in [-0.39, 0.29) is 5.91 Å². The minimum Gasteiger partial charge on any atom is -0.373 e. The summed E-state index contributed by atoms with van der Waals surface area (Å²) >= 11 is 0. The summed E-state index contributed by atoms with van der Waals surface area (Å²) in [4.78, 5) is 18.2. The van der Waals surface area contributed by atoms with Crippen LogP contribution >= 0.6 is 0 Å². The summed E-state index contributed by atoms with van der Waals surface area (Å²) in [7, 11) is 3.57. The van der Waals surface area contributed by atoms with Gasteiger partial charge in [0.15, 0.2) is 0 Å². The number of para-hydroxylation sites is 1. The van der Waals surface area contributed by atoms with Gasteiger partial charge in [-0.05, 0) is 30.7 Å². The van der Waals surface area contributed by atoms with Crippen molar-refractivity contribution in [3.63, 3.8) is 0 Å². The highest BCUT2D eigenvalue weighted by Crippen LogP contribution is 2.20. The molecule has 0 radical (unpaired) electrons. The first-order valence-electron chi connectivity index (χ1n) is 6.11. The second-order valence-electron chi connectivity index (χ2n) is 4.33. The number of carbonyl (C=O) groups is 1. The van der Waals surface area contributed by atoms with Crippen LogP contribution in [0, 0.1) is 6.92 Å². The van der Waals surface area contributed by atoms with Gasteiger partial charge in [-0.3, -0.25) is 4.79 Å². The minimum atomic E-state index is -0.0653. The maximum Gasteiger partial charge on any atom is 0.259 e. The van der Waals surface area contributed by atoms with Gasteiger partial charge < -0.3 is 10.2 Å². The molecule has 0 aliphatic carbocycles. The third-order valence-corrected chi connectivity index (χ3v) is 3.05. The zero-order valence-corrected chi connectivity index (χ0v) is 11.3. The molecule has 1 N–H and O–H groups in total. The van der Waals surface area contributed by atoms with Crippen molar-refractivity contribution < 1.29 is 4.79 Å². The van der Waals surface area contributed by atoms with Crippen LogP contribution in [0.4, 0.5) is 11.5 Å². The van der Waals surface area contributed by atoms with Crippen LogP contribution < -0.4 is 10.2 Å². The Morgan fingerprint density at radius 2 is 1.95 bits per heavy atom. The molecule has 0 aliphatic heterocycles. The van der Waals surface area contributed by atoms with E-state index in [0.717, 1.165) is 17.1 Å². The molecule has 4 heteroatoms. The zero-order valence-electron chi connectivity index (χ0n) is 11.3. The largest absolute Gasteiger partial charge is 0.373 e. The number of benzene rings is 1. The van der Waals surface area contributed by atoms with Crippen molar-refractivity contribution in [2.24, 2.45) is 0 Å². The highest BCUT2D eigenvalue weighted by Gasteiger charge is 2.15. The van der Waals surface area contributed by atoms with E-state index in [1.54, 1.807) is 37.3 Å². The fraction of sp³-hybridized carbons (Fsp3) is 0.200. The maximum atomic E-state index is 12.4. The van der Waals surface area contributed by atoms with E-state index < -0.39 is 0 Å². The summed E-state index contributed by atoms with van der Waals surface area (Å²) in [6, 6.07) is 11.4. The van der Waals surface area contributed by atoms with E-state index in [0.29, 0.717) is 5.56 Å². The number of amides is 1.